The van der Waals surface area contributed by atoms with Crippen molar-refractivity contribution in [2.75, 3.05) is 37.3 Å². The van der Waals surface area contributed by atoms with Crippen molar-refractivity contribution in [2.24, 2.45) is 0 Å². The molecule has 0 unspecified atom stereocenters. The molecule has 0 aliphatic rings. The maximum atomic E-state index is 13.7. The summed E-state index contributed by atoms with van der Waals surface area (Å²) in [5.41, 5.74) is 2.79. The molecule has 0 aromatic heterocycles. The lowest BCUT2D eigenvalue weighted by Crippen LogP contribution is -2.31. The van der Waals surface area contributed by atoms with Gasteiger partial charge in [0, 0.05) is 43.1 Å². The van der Waals surface area contributed by atoms with Gasteiger partial charge >= 0.3 is 6.18 Å². The van der Waals surface area contributed by atoms with Crippen LogP contribution in [-0.4, -0.2) is 48.4 Å². The van der Waals surface area contributed by atoms with Crippen LogP contribution in [0, 0.1) is 0 Å². The minimum atomic E-state index is -4.53. The highest BCUT2D eigenvalue weighted by atomic mass is 35.5. The highest BCUT2D eigenvalue weighted by molar-refractivity contribution is 8.00. The molecule has 0 saturated heterocycles. The molecule has 0 spiro atoms. The molecule has 4 aromatic rings. The molecule has 45 heavy (non-hydrogen) atoms. The van der Waals surface area contributed by atoms with Crippen LogP contribution in [0.15, 0.2) is 97.1 Å². The first-order valence-electron chi connectivity index (χ1n) is 14.2. The van der Waals surface area contributed by atoms with Gasteiger partial charge in [0.05, 0.1) is 24.3 Å². The van der Waals surface area contributed by atoms with Gasteiger partial charge in [0.2, 0.25) is 0 Å². The van der Waals surface area contributed by atoms with Gasteiger partial charge in [0.15, 0.2) is 11.5 Å². The number of nitrogens with one attached hydrogen (secondary N) is 1. The molecule has 0 bridgehead atoms. The molecule has 11 heteroatoms. The number of nitrogens with zero attached hydrogens (tertiary/aromatic N) is 1. The molecule has 5 N–H and O–H groups in total. The van der Waals surface area contributed by atoms with E-state index in [1.165, 1.54) is 6.07 Å². The molecule has 0 aliphatic carbocycles. The van der Waals surface area contributed by atoms with Crippen molar-refractivity contribution in [1.29, 1.82) is 0 Å². The van der Waals surface area contributed by atoms with Gasteiger partial charge in [-0.2, -0.15) is 13.2 Å². The van der Waals surface area contributed by atoms with E-state index >= 15 is 0 Å². The van der Waals surface area contributed by atoms with E-state index in [-0.39, 0.29) is 28.4 Å². The van der Waals surface area contributed by atoms with Crippen LogP contribution in [0.5, 0.6) is 11.5 Å². The molecule has 0 atom stereocenters. The van der Waals surface area contributed by atoms with Gasteiger partial charge in [0.1, 0.15) is 0 Å². The molecule has 4 aromatic carbocycles. The highest BCUT2D eigenvalue weighted by Gasteiger charge is 2.34. The van der Waals surface area contributed by atoms with Crippen molar-refractivity contribution in [3.8, 4) is 11.5 Å². The summed E-state index contributed by atoms with van der Waals surface area (Å²) in [7, 11) is 1.60. The average molecular weight is 665 g/mol. The summed E-state index contributed by atoms with van der Waals surface area (Å²) < 4.78 is 55.9. The first-order chi connectivity index (χ1) is 20.8. The van der Waals surface area contributed by atoms with Crippen molar-refractivity contribution in [3.05, 3.63) is 124 Å². The maximum absolute atomic E-state index is 13.7. The number of benzene rings is 4. The van der Waals surface area contributed by atoms with Crippen molar-refractivity contribution in [2.45, 2.75) is 32.0 Å². The third-order valence-electron chi connectivity index (χ3n) is 7.00. The molecular formula is C34H40ClF3N2O4S. The number of hydrogen-bond acceptors (Lipinski definition) is 5. The summed E-state index contributed by atoms with van der Waals surface area (Å²) in [6.45, 7) is 3.88. The van der Waals surface area contributed by atoms with E-state index in [4.69, 9.17) is 21.1 Å². The Balaban J connectivity index is 0.00000353. The number of halogens is 4. The maximum Gasteiger partial charge on any atom is 0.417 e. The summed E-state index contributed by atoms with van der Waals surface area (Å²) in [6.07, 6.45) is -3.89. The lowest BCUT2D eigenvalue weighted by Gasteiger charge is -2.29. The van der Waals surface area contributed by atoms with E-state index < -0.39 is 11.7 Å². The van der Waals surface area contributed by atoms with E-state index in [1.54, 1.807) is 25.1 Å². The number of methoxy groups -OCH3 is 1. The molecule has 0 heterocycles. The van der Waals surface area contributed by atoms with Gasteiger partial charge in [0.25, 0.3) is 0 Å². The van der Waals surface area contributed by atoms with Gasteiger partial charge in [-0.3, -0.25) is 4.90 Å². The monoisotopic (exact) mass is 664 g/mol. The molecule has 0 fully saturated rings. The van der Waals surface area contributed by atoms with E-state index in [0.717, 1.165) is 28.6 Å². The topological polar surface area (TPSA) is 96.7 Å². The number of hydrogen-bond donors (Lipinski definition) is 1. The third-order valence-corrected chi connectivity index (χ3v) is 8.11. The predicted octanol–water partition coefficient (Wildman–Crippen LogP) is 7.90. The molecule has 6 nitrogen and oxygen atoms in total. The number of rotatable bonds is 15. The Morgan fingerprint density at radius 1 is 0.867 bits per heavy atom. The van der Waals surface area contributed by atoms with Crippen LogP contribution in [-0.2, 0) is 12.7 Å². The quantitative estimate of drug-likeness (QED) is 0.103. The molecule has 4 rings (SSSR count). The SMILES string of the molecule is CCSNc1ccc(OC)c(OCCCN(Cc2cccc(C(F)(F)F)c2Cl)CC(c2ccccc2)c2ccccc2)c1.O.O. The Bertz CT molecular complexity index is 1390. The van der Waals surface area contributed by atoms with Gasteiger partial charge in [-0.05, 0) is 41.3 Å². The Labute approximate surface area is 272 Å². The fourth-order valence-corrected chi connectivity index (χ4v) is 5.64. The standard InChI is InChI=1S/C34H36ClF3N2O2S.2H2O/c1-3-43-39-28-18-19-31(41-2)32(22-28)42-21-11-20-40(23-27-16-10-17-30(33(27)35)34(36,37)38)24-29(25-12-6-4-7-13-25)26-14-8-5-9-15-26;;/h4-10,12-19,22,29,39H,3,11,20-21,23-24H2,1-2H3;2*1H2. The highest BCUT2D eigenvalue weighted by Crippen LogP contribution is 2.37. The van der Waals surface area contributed by atoms with Crippen LogP contribution in [0.25, 0.3) is 0 Å². The molecular weight excluding hydrogens is 625 g/mol. The van der Waals surface area contributed by atoms with Crippen molar-refractivity contribution in [1.82, 2.24) is 4.90 Å². The lowest BCUT2D eigenvalue weighted by molar-refractivity contribution is -0.137. The fraction of sp³-hybridized carbons (Fsp3) is 0.294. The Kier molecular flexibility index (Phi) is 15.6. The Hall–Kier alpha value is -3.41. The molecule has 0 aliphatic heterocycles. The van der Waals surface area contributed by atoms with Gasteiger partial charge in [-0.1, -0.05) is 103 Å². The largest absolute Gasteiger partial charge is 0.493 e. The minimum Gasteiger partial charge on any atom is -0.493 e. The smallest absolute Gasteiger partial charge is 0.417 e. The average Bonchev–Trinajstić information content (AvgIpc) is 3.02. The van der Waals surface area contributed by atoms with Crippen LogP contribution >= 0.6 is 23.5 Å². The fourth-order valence-electron chi connectivity index (χ4n) is 4.91. The second-order valence-corrected chi connectivity index (χ2v) is 11.4. The normalized spacial score (nSPS) is 11.1. The Morgan fingerprint density at radius 2 is 1.51 bits per heavy atom. The minimum absolute atomic E-state index is 0. The zero-order valence-electron chi connectivity index (χ0n) is 25.2. The lowest BCUT2D eigenvalue weighted by atomic mass is 9.90. The first kappa shape index (κ1) is 37.8. The van der Waals surface area contributed by atoms with Crippen LogP contribution in [0.3, 0.4) is 0 Å². The van der Waals surface area contributed by atoms with E-state index in [1.807, 2.05) is 54.6 Å². The van der Waals surface area contributed by atoms with Crippen LogP contribution in [0.1, 0.15) is 41.5 Å². The van der Waals surface area contributed by atoms with Crippen molar-refractivity contribution >= 4 is 29.2 Å². The number of alkyl halides is 3. The van der Waals surface area contributed by atoms with Crippen molar-refractivity contribution < 1.29 is 33.6 Å². The van der Waals surface area contributed by atoms with Gasteiger partial charge in [-0.15, -0.1) is 0 Å². The summed E-state index contributed by atoms with van der Waals surface area (Å²) in [4.78, 5) is 2.16. The zero-order valence-corrected chi connectivity index (χ0v) is 26.8. The Morgan fingerprint density at radius 3 is 2.09 bits per heavy atom. The summed E-state index contributed by atoms with van der Waals surface area (Å²) in [6, 6.07) is 30.1. The molecule has 244 valence electrons. The second kappa shape index (κ2) is 18.5. The van der Waals surface area contributed by atoms with Crippen molar-refractivity contribution in [3.63, 3.8) is 0 Å². The third kappa shape index (κ3) is 10.9. The van der Waals surface area contributed by atoms with E-state index in [0.29, 0.717) is 43.2 Å². The zero-order chi connectivity index (χ0) is 30.7. The summed E-state index contributed by atoms with van der Waals surface area (Å²) in [5, 5.41) is -0.258. The second-order valence-electron chi connectivity index (χ2n) is 9.99. The van der Waals surface area contributed by atoms with Gasteiger partial charge < -0.3 is 25.1 Å². The molecule has 0 radical (unpaired) electrons. The van der Waals surface area contributed by atoms with Gasteiger partial charge in [-0.25, -0.2) is 0 Å². The van der Waals surface area contributed by atoms with E-state index in [9.17, 15) is 13.2 Å². The predicted molar refractivity (Wildman–Crippen MR) is 179 cm³/mol. The van der Waals surface area contributed by atoms with Crippen LogP contribution in [0.4, 0.5) is 18.9 Å². The van der Waals surface area contributed by atoms with E-state index in [2.05, 4.69) is 40.8 Å². The number of ether oxygens (including phenoxy) is 2. The first-order valence-corrected chi connectivity index (χ1v) is 15.5. The van der Waals surface area contributed by atoms with Crippen LogP contribution in [0.2, 0.25) is 5.02 Å². The summed E-state index contributed by atoms with van der Waals surface area (Å²) >= 11 is 7.93. The van der Waals surface area contributed by atoms with Crippen LogP contribution < -0.4 is 14.2 Å². The molecule has 0 saturated carbocycles. The summed E-state index contributed by atoms with van der Waals surface area (Å²) in [5.74, 6) is 2.18. The number of anilines is 1. The molecule has 0 amide bonds.